The van der Waals surface area contributed by atoms with Crippen molar-refractivity contribution >= 4 is 22.2 Å². The normalized spacial score (nSPS) is 11.2. The topological polar surface area (TPSA) is 85.3 Å². The molecule has 4 aromatic rings. The van der Waals surface area contributed by atoms with Crippen LogP contribution in [0.25, 0.3) is 16.2 Å². The highest BCUT2D eigenvalue weighted by Crippen LogP contribution is 2.27. The van der Waals surface area contributed by atoms with Crippen molar-refractivity contribution in [2.24, 2.45) is 0 Å². The molecule has 0 spiro atoms. The molecule has 0 aliphatic rings. The smallest absolute Gasteiger partial charge is 0.269 e. The van der Waals surface area contributed by atoms with Crippen LogP contribution in [-0.4, -0.2) is 25.5 Å². The van der Waals surface area contributed by atoms with E-state index in [9.17, 15) is 4.79 Å². The van der Waals surface area contributed by atoms with Crippen molar-refractivity contribution < 1.29 is 9.21 Å². The number of fused-ring (bicyclic) bond motifs is 1. The van der Waals surface area contributed by atoms with Gasteiger partial charge in [0.15, 0.2) is 4.96 Å². The van der Waals surface area contributed by atoms with E-state index >= 15 is 0 Å². The molecule has 0 bridgehead atoms. The van der Waals surface area contributed by atoms with E-state index in [1.807, 2.05) is 10.6 Å². The zero-order chi connectivity index (χ0) is 18.3. The third-order valence-electron chi connectivity index (χ3n) is 4.08. The summed E-state index contributed by atoms with van der Waals surface area (Å²) in [5.74, 6) is 0.640. The largest absolute Gasteiger partial charge is 0.424 e. The number of amides is 1. The zero-order valence-corrected chi connectivity index (χ0v) is 15.4. The first kappa shape index (κ1) is 16.5. The molecule has 1 N–H and O–H groups in total. The summed E-state index contributed by atoms with van der Waals surface area (Å²) in [6.45, 7) is 6.01. The number of hydrogen-bond acceptors (Lipinski definition) is 6. The lowest BCUT2D eigenvalue weighted by Gasteiger charge is -2.03. The number of nitrogens with one attached hydrogen (secondary N) is 1. The Hall–Kier alpha value is -3.00. The van der Waals surface area contributed by atoms with Crippen LogP contribution in [-0.2, 0) is 6.54 Å². The van der Waals surface area contributed by atoms with Gasteiger partial charge < -0.3 is 9.73 Å². The van der Waals surface area contributed by atoms with Gasteiger partial charge in [-0.05, 0) is 25.5 Å². The number of carbonyl (C=O) groups is 1. The molecular formula is C18H17N5O2S. The summed E-state index contributed by atoms with van der Waals surface area (Å²) >= 11 is 1.43. The summed E-state index contributed by atoms with van der Waals surface area (Å²) in [5.41, 5.74) is 4.80. The Labute approximate surface area is 153 Å². The van der Waals surface area contributed by atoms with E-state index < -0.39 is 0 Å². The number of rotatable bonds is 4. The van der Waals surface area contributed by atoms with Crippen LogP contribution in [0.4, 0.5) is 0 Å². The Morgan fingerprint density at radius 1 is 1.27 bits per heavy atom. The van der Waals surface area contributed by atoms with E-state index in [2.05, 4.69) is 52.5 Å². The minimum absolute atomic E-state index is 0.190. The van der Waals surface area contributed by atoms with Crippen molar-refractivity contribution in [2.45, 2.75) is 27.3 Å². The maximum Gasteiger partial charge on any atom is 0.269 e. The lowest BCUT2D eigenvalue weighted by atomic mass is 10.0. The van der Waals surface area contributed by atoms with E-state index in [4.69, 9.17) is 4.42 Å². The second kappa shape index (κ2) is 6.38. The highest BCUT2D eigenvalue weighted by atomic mass is 32.1. The van der Waals surface area contributed by atoms with Gasteiger partial charge in [-0.1, -0.05) is 17.7 Å². The van der Waals surface area contributed by atoms with Gasteiger partial charge in [0.2, 0.25) is 11.8 Å². The van der Waals surface area contributed by atoms with Gasteiger partial charge in [0.05, 0.1) is 12.2 Å². The van der Waals surface area contributed by atoms with Crippen molar-refractivity contribution in [3.8, 4) is 11.3 Å². The number of aromatic nitrogens is 4. The van der Waals surface area contributed by atoms with Gasteiger partial charge in [0, 0.05) is 24.1 Å². The number of carbonyl (C=O) groups excluding carboxylic acids is 1. The van der Waals surface area contributed by atoms with Gasteiger partial charge in [0.1, 0.15) is 5.69 Å². The van der Waals surface area contributed by atoms with Crippen LogP contribution < -0.4 is 5.32 Å². The van der Waals surface area contributed by atoms with Crippen LogP contribution >= 0.6 is 11.3 Å². The first-order valence-corrected chi connectivity index (χ1v) is 9.00. The first-order valence-electron chi connectivity index (χ1n) is 8.12. The van der Waals surface area contributed by atoms with Gasteiger partial charge in [-0.3, -0.25) is 9.20 Å². The monoisotopic (exact) mass is 367 g/mol. The summed E-state index contributed by atoms with van der Waals surface area (Å²) in [6, 6.07) is 6.27. The fourth-order valence-corrected chi connectivity index (χ4v) is 3.60. The van der Waals surface area contributed by atoms with Crippen molar-refractivity contribution in [3.05, 3.63) is 58.4 Å². The third kappa shape index (κ3) is 2.99. The van der Waals surface area contributed by atoms with Crippen LogP contribution in [0.2, 0.25) is 0 Å². The summed E-state index contributed by atoms with van der Waals surface area (Å²) in [4.78, 5) is 18.0. The fraction of sp³-hybridized carbons (Fsp3) is 0.222. The molecular weight excluding hydrogens is 350 g/mol. The summed E-state index contributed by atoms with van der Waals surface area (Å²) in [7, 11) is 0. The first-order chi connectivity index (χ1) is 12.5. The van der Waals surface area contributed by atoms with Crippen molar-refractivity contribution in [1.82, 2.24) is 24.9 Å². The van der Waals surface area contributed by atoms with Crippen molar-refractivity contribution in [1.29, 1.82) is 0 Å². The predicted molar refractivity (Wildman–Crippen MR) is 98.2 cm³/mol. The molecule has 0 atom stereocenters. The standard InChI is InChI=1S/C18H17N5O2S/c1-10-4-5-11(2)13(6-10)14-8-23-15(9-26-18(23)20-14)17(24)19-7-16-22-21-12(3)25-16/h4-6,8-9H,7H2,1-3H3,(H,19,24). The van der Waals surface area contributed by atoms with E-state index in [1.165, 1.54) is 16.9 Å². The minimum Gasteiger partial charge on any atom is -0.424 e. The fourth-order valence-electron chi connectivity index (χ4n) is 2.74. The molecule has 0 aliphatic carbocycles. The number of imidazole rings is 1. The second-order valence-corrected chi connectivity index (χ2v) is 6.95. The molecule has 26 heavy (non-hydrogen) atoms. The highest BCUT2D eigenvalue weighted by Gasteiger charge is 2.16. The quantitative estimate of drug-likeness (QED) is 0.598. The Morgan fingerprint density at radius 2 is 2.12 bits per heavy atom. The molecule has 0 saturated heterocycles. The minimum atomic E-state index is -0.211. The van der Waals surface area contributed by atoms with E-state index in [1.54, 1.807) is 12.3 Å². The van der Waals surface area contributed by atoms with Gasteiger partial charge >= 0.3 is 0 Å². The van der Waals surface area contributed by atoms with E-state index in [0.717, 1.165) is 21.8 Å². The summed E-state index contributed by atoms with van der Waals surface area (Å²) in [6.07, 6.45) is 1.90. The Kier molecular flexibility index (Phi) is 4.04. The molecule has 3 heterocycles. The molecule has 0 radical (unpaired) electrons. The maximum atomic E-state index is 12.5. The second-order valence-electron chi connectivity index (χ2n) is 6.12. The number of aryl methyl sites for hydroxylation is 3. The molecule has 3 aromatic heterocycles. The lowest BCUT2D eigenvalue weighted by Crippen LogP contribution is -2.24. The number of thiazole rings is 1. The zero-order valence-electron chi connectivity index (χ0n) is 14.6. The van der Waals surface area contributed by atoms with E-state index in [-0.39, 0.29) is 12.5 Å². The van der Waals surface area contributed by atoms with Gasteiger partial charge in [0.25, 0.3) is 5.91 Å². The highest BCUT2D eigenvalue weighted by molar-refractivity contribution is 7.15. The van der Waals surface area contributed by atoms with Crippen LogP contribution in [0.5, 0.6) is 0 Å². The van der Waals surface area contributed by atoms with Crippen LogP contribution in [0.1, 0.15) is 33.4 Å². The predicted octanol–water partition coefficient (Wildman–Crippen LogP) is 3.30. The van der Waals surface area contributed by atoms with Crippen LogP contribution in [0.15, 0.2) is 34.2 Å². The molecule has 4 rings (SSSR count). The van der Waals surface area contributed by atoms with Crippen molar-refractivity contribution in [2.75, 3.05) is 0 Å². The lowest BCUT2D eigenvalue weighted by molar-refractivity contribution is 0.0941. The van der Waals surface area contributed by atoms with Gasteiger partial charge in [-0.15, -0.1) is 21.5 Å². The molecule has 0 fully saturated rings. The third-order valence-corrected chi connectivity index (χ3v) is 4.92. The molecule has 132 valence electrons. The molecule has 8 heteroatoms. The summed E-state index contributed by atoms with van der Waals surface area (Å²) < 4.78 is 7.09. The van der Waals surface area contributed by atoms with Crippen molar-refractivity contribution in [3.63, 3.8) is 0 Å². The summed E-state index contributed by atoms with van der Waals surface area (Å²) in [5, 5.41) is 12.2. The number of benzene rings is 1. The Bertz CT molecular complexity index is 1110. The maximum absolute atomic E-state index is 12.5. The molecule has 1 aromatic carbocycles. The van der Waals surface area contributed by atoms with Crippen LogP contribution in [0.3, 0.4) is 0 Å². The van der Waals surface area contributed by atoms with Gasteiger partial charge in [-0.2, -0.15) is 0 Å². The average Bonchev–Trinajstić information content (AvgIpc) is 3.30. The molecule has 0 saturated carbocycles. The van der Waals surface area contributed by atoms with E-state index in [0.29, 0.717) is 17.5 Å². The molecule has 1 amide bonds. The average molecular weight is 367 g/mol. The SMILES string of the molecule is Cc1ccc(C)c(-c2cn3c(C(=O)NCc4nnc(C)o4)csc3n2)c1. The molecule has 7 nitrogen and oxygen atoms in total. The Morgan fingerprint density at radius 3 is 2.88 bits per heavy atom. The number of nitrogens with zero attached hydrogens (tertiary/aromatic N) is 4. The van der Waals surface area contributed by atoms with Gasteiger partial charge in [-0.25, -0.2) is 4.98 Å². The Balaban J connectivity index is 1.61. The molecule has 0 aliphatic heterocycles. The van der Waals surface area contributed by atoms with Crippen LogP contribution in [0, 0.1) is 20.8 Å². The molecule has 0 unspecified atom stereocenters. The number of hydrogen-bond donors (Lipinski definition) is 1.